The molecule has 0 saturated carbocycles. The lowest BCUT2D eigenvalue weighted by Crippen LogP contribution is -2.05. The van der Waals surface area contributed by atoms with Gasteiger partial charge in [0.2, 0.25) is 5.28 Å². The smallest absolute Gasteiger partial charge is 0.338 e. The van der Waals surface area contributed by atoms with Crippen LogP contribution < -0.4 is 14.8 Å². The fourth-order valence-corrected chi connectivity index (χ4v) is 2.77. The number of carbonyl (C=O) groups excluding carboxylic acids is 1. The first kappa shape index (κ1) is 18.7. The van der Waals surface area contributed by atoms with Crippen molar-refractivity contribution in [2.75, 3.05) is 26.1 Å². The van der Waals surface area contributed by atoms with E-state index in [1.165, 1.54) is 0 Å². The van der Waals surface area contributed by atoms with Crippen molar-refractivity contribution in [3.8, 4) is 11.5 Å². The van der Waals surface area contributed by atoms with Gasteiger partial charge in [-0.1, -0.05) is 6.07 Å². The minimum atomic E-state index is -0.391. The maximum Gasteiger partial charge on any atom is 0.338 e. The number of rotatable bonds is 6. The van der Waals surface area contributed by atoms with E-state index >= 15 is 0 Å². The van der Waals surface area contributed by atoms with Gasteiger partial charge in [-0.2, -0.15) is 4.98 Å². The third-order valence-corrected chi connectivity index (χ3v) is 3.98. The zero-order chi connectivity index (χ0) is 19.4. The highest BCUT2D eigenvalue weighted by Crippen LogP contribution is 2.35. The summed E-state index contributed by atoms with van der Waals surface area (Å²) in [5.74, 6) is 1.17. The van der Waals surface area contributed by atoms with E-state index in [1.54, 1.807) is 51.5 Å². The maximum absolute atomic E-state index is 11.9. The molecule has 1 heterocycles. The summed E-state index contributed by atoms with van der Waals surface area (Å²) in [4.78, 5) is 20.4. The minimum Gasteiger partial charge on any atom is -0.493 e. The van der Waals surface area contributed by atoms with Gasteiger partial charge < -0.3 is 19.5 Å². The van der Waals surface area contributed by atoms with Gasteiger partial charge in [-0.15, -0.1) is 0 Å². The van der Waals surface area contributed by atoms with Crippen LogP contribution in [0, 0.1) is 0 Å². The van der Waals surface area contributed by atoms with Crippen LogP contribution in [0.4, 0.5) is 11.5 Å². The van der Waals surface area contributed by atoms with E-state index in [4.69, 9.17) is 25.8 Å². The Kier molecular flexibility index (Phi) is 5.61. The highest BCUT2D eigenvalue weighted by Gasteiger charge is 2.14. The van der Waals surface area contributed by atoms with Crippen LogP contribution >= 0.6 is 11.6 Å². The Balaban J connectivity index is 2.04. The van der Waals surface area contributed by atoms with Gasteiger partial charge in [0.15, 0.2) is 11.5 Å². The number of benzene rings is 2. The fourth-order valence-electron chi connectivity index (χ4n) is 2.60. The number of anilines is 2. The summed E-state index contributed by atoms with van der Waals surface area (Å²) in [6, 6.07) is 10.4. The van der Waals surface area contributed by atoms with Crippen molar-refractivity contribution in [1.29, 1.82) is 0 Å². The number of esters is 1. The van der Waals surface area contributed by atoms with Gasteiger partial charge in [0.05, 0.1) is 31.9 Å². The molecule has 0 amide bonds. The summed E-state index contributed by atoms with van der Waals surface area (Å²) < 4.78 is 15.7. The van der Waals surface area contributed by atoms with Gasteiger partial charge >= 0.3 is 5.97 Å². The topological polar surface area (TPSA) is 82.6 Å². The standard InChI is InChI=1S/C19H18ClN3O4/c1-4-27-18(24)11-6-5-7-12(8-11)21-17-13-9-15(25-2)16(26-3)10-14(13)22-19(20)23-17/h5-10H,4H2,1-3H3,(H,21,22,23). The molecule has 3 aromatic rings. The van der Waals surface area contributed by atoms with Crippen molar-refractivity contribution in [1.82, 2.24) is 9.97 Å². The summed E-state index contributed by atoms with van der Waals surface area (Å²) in [5, 5.41) is 3.95. The second-order valence-electron chi connectivity index (χ2n) is 5.49. The van der Waals surface area contributed by atoms with Crippen LogP contribution in [0.15, 0.2) is 36.4 Å². The zero-order valence-electron chi connectivity index (χ0n) is 15.1. The summed E-state index contributed by atoms with van der Waals surface area (Å²) in [7, 11) is 3.10. The van der Waals surface area contributed by atoms with E-state index in [-0.39, 0.29) is 5.28 Å². The number of hydrogen-bond acceptors (Lipinski definition) is 7. The van der Waals surface area contributed by atoms with E-state index < -0.39 is 5.97 Å². The largest absolute Gasteiger partial charge is 0.493 e. The summed E-state index contributed by atoms with van der Waals surface area (Å²) in [5.41, 5.74) is 1.69. The molecule has 0 aliphatic heterocycles. The third kappa shape index (κ3) is 4.03. The molecule has 0 unspecified atom stereocenters. The highest BCUT2D eigenvalue weighted by molar-refractivity contribution is 6.28. The summed E-state index contributed by atoms with van der Waals surface area (Å²) in [6.45, 7) is 2.07. The average Bonchev–Trinajstić information content (AvgIpc) is 2.67. The van der Waals surface area contributed by atoms with Crippen molar-refractivity contribution in [3.05, 3.63) is 47.2 Å². The Bertz CT molecular complexity index is 994. The van der Waals surface area contributed by atoms with Crippen molar-refractivity contribution in [3.63, 3.8) is 0 Å². The second-order valence-corrected chi connectivity index (χ2v) is 5.83. The van der Waals surface area contributed by atoms with Crippen LogP contribution in [0.5, 0.6) is 11.5 Å². The Morgan fingerprint density at radius 1 is 1.11 bits per heavy atom. The first-order valence-corrected chi connectivity index (χ1v) is 8.57. The van der Waals surface area contributed by atoms with Gasteiger partial charge in [-0.25, -0.2) is 9.78 Å². The number of fused-ring (bicyclic) bond motifs is 1. The molecule has 2 aromatic carbocycles. The number of hydrogen-bond donors (Lipinski definition) is 1. The highest BCUT2D eigenvalue weighted by atomic mass is 35.5. The molecule has 0 bridgehead atoms. The number of ether oxygens (including phenoxy) is 3. The van der Waals surface area contributed by atoms with Gasteiger partial charge in [-0.05, 0) is 42.8 Å². The van der Waals surface area contributed by atoms with E-state index in [9.17, 15) is 4.79 Å². The maximum atomic E-state index is 11.9. The van der Waals surface area contributed by atoms with Crippen LogP contribution in [-0.2, 0) is 4.74 Å². The molecule has 7 nitrogen and oxygen atoms in total. The number of halogens is 1. The first-order valence-electron chi connectivity index (χ1n) is 8.19. The van der Waals surface area contributed by atoms with Gasteiger partial charge in [-0.3, -0.25) is 0 Å². The molecule has 0 spiro atoms. The normalized spacial score (nSPS) is 10.5. The molecule has 0 saturated heterocycles. The fraction of sp³-hybridized carbons (Fsp3) is 0.211. The van der Waals surface area contributed by atoms with Crippen molar-refractivity contribution in [2.24, 2.45) is 0 Å². The molecule has 27 heavy (non-hydrogen) atoms. The van der Waals surface area contributed by atoms with Crippen LogP contribution in [0.25, 0.3) is 10.9 Å². The molecular weight excluding hydrogens is 370 g/mol. The van der Waals surface area contributed by atoms with E-state index in [0.717, 1.165) is 0 Å². The lowest BCUT2D eigenvalue weighted by molar-refractivity contribution is 0.0526. The Morgan fingerprint density at radius 2 is 1.85 bits per heavy atom. The predicted octanol–water partition coefficient (Wildman–Crippen LogP) is 4.22. The predicted molar refractivity (Wildman–Crippen MR) is 103 cm³/mol. The summed E-state index contributed by atoms with van der Waals surface area (Å²) in [6.07, 6.45) is 0. The van der Waals surface area contributed by atoms with Gasteiger partial charge in [0.25, 0.3) is 0 Å². The van der Waals surface area contributed by atoms with Crippen LogP contribution in [0.1, 0.15) is 17.3 Å². The minimum absolute atomic E-state index is 0.0822. The zero-order valence-corrected chi connectivity index (χ0v) is 15.8. The van der Waals surface area contributed by atoms with Crippen molar-refractivity contribution in [2.45, 2.75) is 6.92 Å². The lowest BCUT2D eigenvalue weighted by atomic mass is 10.1. The monoisotopic (exact) mass is 387 g/mol. The van der Waals surface area contributed by atoms with Crippen LogP contribution in [0.3, 0.4) is 0 Å². The molecule has 140 valence electrons. The number of carbonyl (C=O) groups is 1. The molecular formula is C19H18ClN3O4. The molecule has 0 aliphatic carbocycles. The average molecular weight is 388 g/mol. The third-order valence-electron chi connectivity index (χ3n) is 3.81. The molecule has 1 N–H and O–H groups in total. The first-order chi connectivity index (χ1) is 13.0. The molecule has 0 fully saturated rings. The Hall–Kier alpha value is -3.06. The Morgan fingerprint density at radius 3 is 2.56 bits per heavy atom. The SMILES string of the molecule is CCOC(=O)c1cccc(Nc2nc(Cl)nc3cc(OC)c(OC)cc23)c1. The molecule has 8 heteroatoms. The number of nitrogens with one attached hydrogen (secondary N) is 1. The van der Waals surface area contributed by atoms with E-state index in [1.807, 2.05) is 6.07 Å². The molecule has 0 atom stereocenters. The van der Waals surface area contributed by atoms with Crippen molar-refractivity contribution < 1.29 is 19.0 Å². The molecule has 1 aromatic heterocycles. The van der Waals surface area contributed by atoms with Gasteiger partial charge in [0, 0.05) is 17.1 Å². The summed E-state index contributed by atoms with van der Waals surface area (Å²) >= 11 is 6.07. The van der Waals surface area contributed by atoms with E-state index in [0.29, 0.717) is 46.1 Å². The Labute approximate surface area is 161 Å². The number of nitrogens with zero attached hydrogens (tertiary/aromatic N) is 2. The second kappa shape index (κ2) is 8.09. The molecule has 0 aliphatic rings. The lowest BCUT2D eigenvalue weighted by Gasteiger charge is -2.13. The van der Waals surface area contributed by atoms with Gasteiger partial charge in [0.1, 0.15) is 5.82 Å². The van der Waals surface area contributed by atoms with Crippen molar-refractivity contribution >= 4 is 40.0 Å². The molecule has 3 rings (SSSR count). The van der Waals surface area contributed by atoms with Crippen LogP contribution in [0.2, 0.25) is 5.28 Å². The van der Waals surface area contributed by atoms with E-state index in [2.05, 4.69) is 15.3 Å². The number of methoxy groups -OCH3 is 2. The number of aromatic nitrogens is 2. The molecule has 0 radical (unpaired) electrons. The van der Waals surface area contributed by atoms with Crippen LogP contribution in [-0.4, -0.2) is 36.8 Å². The quantitative estimate of drug-likeness (QED) is 0.500.